The number of carboxylic acid groups (broad SMARTS) is 1. The quantitative estimate of drug-likeness (QED) is 0.528. The van der Waals surface area contributed by atoms with Gasteiger partial charge in [-0.25, -0.2) is 0 Å². The predicted molar refractivity (Wildman–Crippen MR) is 123 cm³/mol. The Bertz CT molecular complexity index is 654. The molecule has 4 nitrogen and oxygen atoms in total. The van der Waals surface area contributed by atoms with Crippen molar-refractivity contribution in [1.29, 1.82) is 0 Å². The summed E-state index contributed by atoms with van der Waals surface area (Å²) in [4.78, 5) is 13.7. The first kappa shape index (κ1) is 24.1. The maximum atomic E-state index is 11.5. The van der Waals surface area contributed by atoms with Crippen LogP contribution in [0.3, 0.4) is 0 Å². The molecular weight excluding hydrogens is 378 g/mol. The van der Waals surface area contributed by atoms with Crippen molar-refractivity contribution in [2.75, 3.05) is 19.7 Å². The summed E-state index contributed by atoms with van der Waals surface area (Å²) in [5.41, 5.74) is 1.36. The number of nitrogens with zero attached hydrogens (tertiary/aromatic N) is 1. The number of hydrogen-bond donors (Lipinski definition) is 1. The molecule has 0 radical (unpaired) electrons. The molecule has 0 amide bonds. The van der Waals surface area contributed by atoms with Crippen LogP contribution in [0.4, 0.5) is 0 Å². The number of aliphatic carboxylic acids is 1. The molecule has 1 N–H and O–H groups in total. The van der Waals surface area contributed by atoms with Gasteiger partial charge in [0.1, 0.15) is 0 Å². The zero-order valence-electron chi connectivity index (χ0n) is 19.4. The monoisotopic (exact) mass is 419 g/mol. The van der Waals surface area contributed by atoms with Gasteiger partial charge in [0, 0.05) is 19.2 Å². The van der Waals surface area contributed by atoms with Crippen molar-refractivity contribution < 1.29 is 14.3 Å². The van der Waals surface area contributed by atoms with Crippen LogP contribution in [0.1, 0.15) is 58.9 Å². The van der Waals surface area contributed by atoms with Crippen molar-refractivity contribution in [2.45, 2.75) is 77.6 Å². The van der Waals surface area contributed by atoms with E-state index in [-0.39, 0.29) is 11.6 Å². The maximum Gasteiger partial charge on any atom is 0.317 e. The predicted octanol–water partition coefficient (Wildman–Crippen LogP) is 5.61. The number of carbonyl (C=O) groups is 1. The van der Waals surface area contributed by atoms with Crippen LogP contribution in [0.25, 0.3) is 0 Å². The van der Waals surface area contributed by atoms with Gasteiger partial charge >= 0.3 is 5.97 Å². The molecule has 0 bridgehead atoms. The van der Waals surface area contributed by atoms with Crippen molar-refractivity contribution >= 4 is 14.3 Å². The van der Waals surface area contributed by atoms with Gasteiger partial charge in [0.15, 0.2) is 8.32 Å². The highest BCUT2D eigenvalue weighted by molar-refractivity contribution is 6.74. The fraction of sp³-hybridized carbons (Fsp3) is 0.708. The lowest BCUT2D eigenvalue weighted by Gasteiger charge is -2.37. The fourth-order valence-electron chi connectivity index (χ4n) is 4.20. The van der Waals surface area contributed by atoms with E-state index in [0.717, 1.165) is 26.0 Å². The minimum atomic E-state index is -1.81. The summed E-state index contributed by atoms with van der Waals surface area (Å²) < 4.78 is 6.62. The Morgan fingerprint density at radius 2 is 1.83 bits per heavy atom. The van der Waals surface area contributed by atoms with Gasteiger partial charge in [-0.3, -0.25) is 9.69 Å². The fourth-order valence-corrected chi connectivity index (χ4v) is 5.27. The molecule has 0 heterocycles. The second kappa shape index (κ2) is 9.76. The van der Waals surface area contributed by atoms with Crippen LogP contribution in [0.15, 0.2) is 30.3 Å². The molecule has 1 aliphatic rings. The average molecular weight is 420 g/mol. The first-order valence-corrected chi connectivity index (χ1v) is 14.0. The van der Waals surface area contributed by atoms with Crippen molar-refractivity contribution in [3.63, 3.8) is 0 Å². The summed E-state index contributed by atoms with van der Waals surface area (Å²) in [5.74, 6) is 0.573. The van der Waals surface area contributed by atoms with Gasteiger partial charge in [-0.15, -0.1) is 0 Å². The molecular formula is C24H41NO3Si. The normalized spacial score (nSPS) is 23.1. The van der Waals surface area contributed by atoms with Gasteiger partial charge in [-0.2, -0.15) is 0 Å². The smallest absolute Gasteiger partial charge is 0.317 e. The molecule has 1 fully saturated rings. The lowest BCUT2D eigenvalue weighted by Crippen LogP contribution is -2.42. The Balaban J connectivity index is 2.21. The van der Waals surface area contributed by atoms with Crippen LogP contribution in [-0.4, -0.2) is 50.0 Å². The lowest BCUT2D eigenvalue weighted by atomic mass is 9.89. The molecule has 0 aromatic heterocycles. The number of benzene rings is 1. The number of rotatable bonds is 9. The summed E-state index contributed by atoms with van der Waals surface area (Å²) in [6.07, 6.45) is 2.02. The van der Waals surface area contributed by atoms with Crippen molar-refractivity contribution in [2.24, 2.45) is 11.8 Å². The molecule has 1 saturated carbocycles. The van der Waals surface area contributed by atoms with E-state index in [2.05, 4.69) is 82.9 Å². The van der Waals surface area contributed by atoms with E-state index in [1.807, 2.05) is 0 Å². The lowest BCUT2D eigenvalue weighted by molar-refractivity contribution is -0.139. The van der Waals surface area contributed by atoms with Crippen molar-refractivity contribution in [1.82, 2.24) is 4.90 Å². The van der Waals surface area contributed by atoms with E-state index in [1.165, 1.54) is 5.56 Å². The van der Waals surface area contributed by atoms with E-state index >= 15 is 0 Å². The summed E-state index contributed by atoms with van der Waals surface area (Å²) >= 11 is 0. The topological polar surface area (TPSA) is 49.8 Å². The Kier molecular flexibility index (Phi) is 8.11. The van der Waals surface area contributed by atoms with Crippen molar-refractivity contribution in [3.05, 3.63) is 35.9 Å². The van der Waals surface area contributed by atoms with Crippen LogP contribution in [0, 0.1) is 11.8 Å². The Labute approximate surface area is 178 Å². The van der Waals surface area contributed by atoms with Gasteiger partial charge in [0.25, 0.3) is 0 Å². The van der Waals surface area contributed by atoms with E-state index in [0.29, 0.717) is 23.8 Å². The molecule has 1 aliphatic carbocycles. The van der Waals surface area contributed by atoms with Gasteiger partial charge in [0.2, 0.25) is 0 Å². The highest BCUT2D eigenvalue weighted by Gasteiger charge is 2.42. The van der Waals surface area contributed by atoms with Gasteiger partial charge in [-0.05, 0) is 54.3 Å². The van der Waals surface area contributed by atoms with Crippen LogP contribution in [0.2, 0.25) is 18.1 Å². The van der Waals surface area contributed by atoms with Crippen LogP contribution in [-0.2, 0) is 9.22 Å². The molecule has 0 spiro atoms. The average Bonchev–Trinajstić information content (AvgIpc) is 3.03. The third-order valence-electron chi connectivity index (χ3n) is 6.82. The minimum absolute atomic E-state index is 0.125. The van der Waals surface area contributed by atoms with Gasteiger partial charge in [0.05, 0.1) is 6.54 Å². The highest BCUT2D eigenvalue weighted by Crippen LogP contribution is 2.44. The van der Waals surface area contributed by atoms with Crippen LogP contribution in [0.5, 0.6) is 0 Å². The van der Waals surface area contributed by atoms with Crippen LogP contribution >= 0.6 is 0 Å². The summed E-state index contributed by atoms with van der Waals surface area (Å²) in [6, 6.07) is 11.0. The van der Waals surface area contributed by atoms with Gasteiger partial charge < -0.3 is 9.53 Å². The largest absolute Gasteiger partial charge is 0.480 e. The Morgan fingerprint density at radius 1 is 1.21 bits per heavy atom. The minimum Gasteiger partial charge on any atom is -0.480 e. The Morgan fingerprint density at radius 3 is 2.34 bits per heavy atom. The number of carboxylic acids is 1. The zero-order chi connectivity index (χ0) is 21.8. The molecule has 3 unspecified atom stereocenters. The third-order valence-corrected chi connectivity index (χ3v) is 11.3. The first-order chi connectivity index (χ1) is 13.4. The molecule has 164 valence electrons. The second-order valence-electron chi connectivity index (χ2n) is 10.7. The zero-order valence-corrected chi connectivity index (χ0v) is 20.4. The van der Waals surface area contributed by atoms with E-state index < -0.39 is 14.3 Å². The highest BCUT2D eigenvalue weighted by atomic mass is 28.4. The summed E-state index contributed by atoms with van der Waals surface area (Å²) in [6.45, 7) is 17.5. The molecule has 3 atom stereocenters. The molecule has 1 aromatic rings. The summed E-state index contributed by atoms with van der Waals surface area (Å²) in [7, 11) is -1.81. The molecule has 0 aliphatic heterocycles. The van der Waals surface area contributed by atoms with E-state index in [1.54, 1.807) is 0 Å². The molecule has 5 heteroatoms. The Hall–Kier alpha value is -1.17. The second-order valence-corrected chi connectivity index (χ2v) is 15.5. The number of hydrogen-bond acceptors (Lipinski definition) is 3. The standard InChI is InChI=1S/C24H41NO3Si/c1-18(2)15-25(16-23(26)27)21-13-20(17-28-29(6,7)24(3,4)5)22(14-21)19-11-9-8-10-12-19/h8-12,18,20-22H,13-17H2,1-7H3,(H,26,27). The van der Waals surface area contributed by atoms with E-state index in [4.69, 9.17) is 4.43 Å². The summed E-state index contributed by atoms with van der Waals surface area (Å²) in [5, 5.41) is 9.64. The first-order valence-electron chi connectivity index (χ1n) is 11.1. The van der Waals surface area contributed by atoms with Gasteiger partial charge in [-0.1, -0.05) is 65.0 Å². The third kappa shape index (κ3) is 6.66. The maximum absolute atomic E-state index is 11.5. The molecule has 2 rings (SSSR count). The van der Waals surface area contributed by atoms with E-state index in [9.17, 15) is 9.90 Å². The molecule has 29 heavy (non-hydrogen) atoms. The molecule has 0 saturated heterocycles. The van der Waals surface area contributed by atoms with Crippen molar-refractivity contribution in [3.8, 4) is 0 Å². The van der Waals surface area contributed by atoms with Crippen LogP contribution < -0.4 is 0 Å². The molecule has 1 aromatic carbocycles. The SMILES string of the molecule is CC(C)CN(CC(=O)O)C1CC(CO[Si](C)(C)C(C)(C)C)C(c2ccccc2)C1.